The second kappa shape index (κ2) is 26.2. The standard InChI is InChI=1S/C28H56NO8P/c1-3-5-6-7-8-9-10-11-12-13-14-15-16-17-18-19-21-28(31)37-26(24-34-27(30)20-4-2)25-36-38(32,33)35-23-22-29/h26H,3-25,29H2,1-2H3,(H,32,33). The maximum Gasteiger partial charge on any atom is 0.472 e. The quantitative estimate of drug-likeness (QED) is 0.0585. The van der Waals surface area contributed by atoms with Gasteiger partial charge in [0.1, 0.15) is 6.61 Å². The zero-order valence-corrected chi connectivity index (χ0v) is 25.1. The van der Waals surface area contributed by atoms with Crippen LogP contribution in [0.4, 0.5) is 0 Å². The second-order valence-electron chi connectivity index (χ2n) is 9.98. The van der Waals surface area contributed by atoms with E-state index in [1.807, 2.05) is 6.92 Å². The summed E-state index contributed by atoms with van der Waals surface area (Å²) in [7, 11) is -4.33. The number of phosphoric acid groups is 1. The van der Waals surface area contributed by atoms with Crippen molar-refractivity contribution in [2.75, 3.05) is 26.4 Å². The summed E-state index contributed by atoms with van der Waals surface area (Å²) in [4.78, 5) is 33.6. The van der Waals surface area contributed by atoms with Crippen LogP contribution in [0.25, 0.3) is 0 Å². The summed E-state index contributed by atoms with van der Waals surface area (Å²) in [6, 6.07) is 0. The minimum absolute atomic E-state index is 0.0558. The Labute approximate surface area is 231 Å². The van der Waals surface area contributed by atoms with Crippen LogP contribution in [-0.2, 0) is 32.7 Å². The summed E-state index contributed by atoms with van der Waals surface area (Å²) >= 11 is 0. The van der Waals surface area contributed by atoms with E-state index in [1.54, 1.807) is 0 Å². The van der Waals surface area contributed by atoms with Gasteiger partial charge in [-0.15, -0.1) is 0 Å². The molecule has 0 fully saturated rings. The fourth-order valence-corrected chi connectivity index (χ4v) is 4.79. The highest BCUT2D eigenvalue weighted by Crippen LogP contribution is 2.43. The van der Waals surface area contributed by atoms with E-state index >= 15 is 0 Å². The number of phosphoric ester groups is 1. The molecule has 0 aliphatic carbocycles. The van der Waals surface area contributed by atoms with Crippen LogP contribution in [0, 0.1) is 0 Å². The smallest absolute Gasteiger partial charge is 0.462 e. The monoisotopic (exact) mass is 565 g/mol. The van der Waals surface area contributed by atoms with E-state index in [1.165, 1.54) is 83.5 Å². The molecule has 0 aliphatic rings. The van der Waals surface area contributed by atoms with Crippen molar-refractivity contribution < 1.29 is 37.6 Å². The van der Waals surface area contributed by atoms with E-state index in [0.29, 0.717) is 12.8 Å². The average Bonchev–Trinajstić information content (AvgIpc) is 2.89. The molecule has 0 spiro atoms. The Morgan fingerprint density at radius 1 is 0.684 bits per heavy atom. The number of esters is 2. The first kappa shape index (κ1) is 37.0. The molecule has 0 bridgehead atoms. The lowest BCUT2D eigenvalue weighted by Gasteiger charge is -2.19. The molecular weight excluding hydrogens is 509 g/mol. The van der Waals surface area contributed by atoms with Gasteiger partial charge in [0, 0.05) is 19.4 Å². The lowest BCUT2D eigenvalue weighted by molar-refractivity contribution is -0.161. The first-order valence-electron chi connectivity index (χ1n) is 15.0. The van der Waals surface area contributed by atoms with Crippen LogP contribution in [0.5, 0.6) is 0 Å². The Hall–Kier alpha value is -0.990. The number of nitrogens with two attached hydrogens (primary N) is 1. The summed E-state index contributed by atoms with van der Waals surface area (Å²) in [5.74, 6) is -0.885. The number of ether oxygens (including phenoxy) is 2. The van der Waals surface area contributed by atoms with Gasteiger partial charge in [0.2, 0.25) is 0 Å². The normalized spacial score (nSPS) is 13.7. The van der Waals surface area contributed by atoms with Gasteiger partial charge < -0.3 is 20.1 Å². The van der Waals surface area contributed by atoms with Crippen molar-refractivity contribution in [2.24, 2.45) is 5.73 Å². The minimum Gasteiger partial charge on any atom is -0.462 e. The Bertz CT molecular complexity index is 620. The molecule has 0 aliphatic heterocycles. The molecule has 0 saturated carbocycles. The van der Waals surface area contributed by atoms with Gasteiger partial charge in [-0.1, -0.05) is 110 Å². The second-order valence-corrected chi connectivity index (χ2v) is 11.4. The molecule has 0 rings (SSSR count). The summed E-state index contributed by atoms with van der Waals surface area (Å²) in [6.45, 7) is 3.33. The Morgan fingerprint density at radius 2 is 1.18 bits per heavy atom. The summed E-state index contributed by atoms with van der Waals surface area (Å²) < 4.78 is 31.9. The minimum atomic E-state index is -4.33. The van der Waals surface area contributed by atoms with Crippen LogP contribution < -0.4 is 5.73 Å². The number of carbonyl (C=O) groups excluding carboxylic acids is 2. The van der Waals surface area contributed by atoms with Gasteiger partial charge in [0.15, 0.2) is 6.10 Å². The van der Waals surface area contributed by atoms with Crippen molar-refractivity contribution >= 4 is 19.8 Å². The molecule has 0 heterocycles. The van der Waals surface area contributed by atoms with Gasteiger partial charge in [-0.3, -0.25) is 18.6 Å². The zero-order valence-electron chi connectivity index (χ0n) is 24.2. The lowest BCUT2D eigenvalue weighted by Crippen LogP contribution is -2.29. The number of rotatable bonds is 28. The van der Waals surface area contributed by atoms with Crippen molar-refractivity contribution in [1.82, 2.24) is 0 Å². The highest BCUT2D eigenvalue weighted by Gasteiger charge is 2.25. The first-order chi connectivity index (χ1) is 18.3. The van der Waals surface area contributed by atoms with Crippen molar-refractivity contribution in [3.63, 3.8) is 0 Å². The third-order valence-electron chi connectivity index (χ3n) is 6.21. The largest absolute Gasteiger partial charge is 0.472 e. The molecule has 0 amide bonds. The van der Waals surface area contributed by atoms with E-state index in [9.17, 15) is 19.0 Å². The molecule has 226 valence electrons. The molecular formula is C28H56NO8P. The average molecular weight is 566 g/mol. The van der Waals surface area contributed by atoms with E-state index in [-0.39, 0.29) is 32.6 Å². The van der Waals surface area contributed by atoms with Crippen molar-refractivity contribution in [3.8, 4) is 0 Å². The number of hydrogen-bond donors (Lipinski definition) is 2. The van der Waals surface area contributed by atoms with Crippen molar-refractivity contribution in [1.29, 1.82) is 0 Å². The van der Waals surface area contributed by atoms with E-state index in [4.69, 9.17) is 19.7 Å². The van der Waals surface area contributed by atoms with Crippen molar-refractivity contribution in [3.05, 3.63) is 0 Å². The highest BCUT2D eigenvalue weighted by atomic mass is 31.2. The number of carbonyl (C=O) groups is 2. The SMILES string of the molecule is CCCCCCCCCCCCCCCCCCC(=O)OC(COC(=O)CCC)COP(=O)(O)OCCN. The van der Waals surface area contributed by atoms with E-state index in [2.05, 4.69) is 11.4 Å². The number of unbranched alkanes of at least 4 members (excludes halogenated alkanes) is 15. The van der Waals surface area contributed by atoms with Crippen molar-refractivity contribution in [2.45, 2.75) is 142 Å². The third-order valence-corrected chi connectivity index (χ3v) is 7.20. The fourth-order valence-electron chi connectivity index (χ4n) is 4.02. The fraction of sp³-hybridized carbons (Fsp3) is 0.929. The zero-order chi connectivity index (χ0) is 28.3. The van der Waals surface area contributed by atoms with Gasteiger partial charge in [0.25, 0.3) is 0 Å². The summed E-state index contributed by atoms with van der Waals surface area (Å²) in [5.41, 5.74) is 5.26. The molecule has 2 unspecified atom stereocenters. The Balaban J connectivity index is 3.95. The molecule has 2 atom stereocenters. The van der Waals surface area contributed by atoms with Crippen LogP contribution in [0.3, 0.4) is 0 Å². The number of hydrogen-bond acceptors (Lipinski definition) is 8. The summed E-state index contributed by atoms with van der Waals surface area (Å²) in [6.07, 6.45) is 20.1. The molecule has 3 N–H and O–H groups in total. The first-order valence-corrected chi connectivity index (χ1v) is 16.5. The molecule has 38 heavy (non-hydrogen) atoms. The van der Waals surface area contributed by atoms with Gasteiger partial charge in [-0.2, -0.15) is 0 Å². The van der Waals surface area contributed by atoms with E-state index in [0.717, 1.165) is 12.8 Å². The van der Waals surface area contributed by atoms with Crippen LogP contribution in [0.1, 0.15) is 136 Å². The molecule has 0 aromatic heterocycles. The predicted octanol–water partition coefficient (Wildman–Crippen LogP) is 6.99. The molecule has 9 nitrogen and oxygen atoms in total. The summed E-state index contributed by atoms with van der Waals surface area (Å²) in [5, 5.41) is 0. The van der Waals surface area contributed by atoms with Crippen LogP contribution in [0.2, 0.25) is 0 Å². The van der Waals surface area contributed by atoms with E-state index < -0.39 is 32.5 Å². The van der Waals surface area contributed by atoms with Crippen LogP contribution in [0.15, 0.2) is 0 Å². The Morgan fingerprint density at radius 3 is 1.66 bits per heavy atom. The molecule has 0 aromatic rings. The molecule has 10 heteroatoms. The predicted molar refractivity (Wildman–Crippen MR) is 151 cm³/mol. The third kappa shape index (κ3) is 25.3. The lowest BCUT2D eigenvalue weighted by atomic mass is 10.0. The molecule has 0 radical (unpaired) electrons. The maximum absolute atomic E-state index is 12.3. The highest BCUT2D eigenvalue weighted by molar-refractivity contribution is 7.47. The molecule has 0 saturated heterocycles. The topological polar surface area (TPSA) is 134 Å². The Kier molecular flexibility index (Phi) is 25.6. The van der Waals surface area contributed by atoms with Gasteiger partial charge in [0.05, 0.1) is 13.2 Å². The van der Waals surface area contributed by atoms with Crippen LogP contribution in [-0.4, -0.2) is 49.3 Å². The van der Waals surface area contributed by atoms with Gasteiger partial charge in [-0.05, 0) is 12.8 Å². The molecule has 0 aromatic carbocycles. The van der Waals surface area contributed by atoms with Crippen LogP contribution >= 0.6 is 7.82 Å². The van der Waals surface area contributed by atoms with Gasteiger partial charge in [-0.25, -0.2) is 4.57 Å². The maximum atomic E-state index is 12.3. The van der Waals surface area contributed by atoms with Gasteiger partial charge >= 0.3 is 19.8 Å².